The van der Waals surface area contributed by atoms with Crippen LogP contribution < -0.4 is 10.1 Å². The van der Waals surface area contributed by atoms with E-state index in [1.54, 1.807) is 11.6 Å². The van der Waals surface area contributed by atoms with E-state index in [2.05, 4.69) is 24.3 Å². The van der Waals surface area contributed by atoms with Crippen LogP contribution in [-0.2, 0) is 4.79 Å². The lowest BCUT2D eigenvalue weighted by atomic mass is 10.1. The average molecular weight is 351 g/mol. The van der Waals surface area contributed by atoms with Gasteiger partial charge >= 0.3 is 0 Å². The lowest BCUT2D eigenvalue weighted by Crippen LogP contribution is -2.13. The smallest absolute Gasteiger partial charge is 0.228 e. The van der Waals surface area contributed by atoms with Crippen LogP contribution in [0.3, 0.4) is 0 Å². The van der Waals surface area contributed by atoms with Crippen molar-refractivity contribution >= 4 is 17.2 Å². The van der Waals surface area contributed by atoms with Crippen molar-refractivity contribution in [2.75, 3.05) is 12.4 Å². The second kappa shape index (κ2) is 8.04. The van der Waals surface area contributed by atoms with Gasteiger partial charge in [-0.15, -0.1) is 0 Å². The Bertz CT molecular complexity index is 880. The van der Waals surface area contributed by atoms with E-state index in [1.165, 1.54) is 6.42 Å². The molecule has 5 heteroatoms. The van der Waals surface area contributed by atoms with Gasteiger partial charge in [0.05, 0.1) is 12.6 Å². The number of hydrogen-bond donors (Lipinski definition) is 1. The Labute approximate surface area is 154 Å². The average Bonchev–Trinajstić information content (AvgIpc) is 3.42. The Hall–Kier alpha value is -2.82. The van der Waals surface area contributed by atoms with Crippen molar-refractivity contribution in [1.82, 2.24) is 9.61 Å². The van der Waals surface area contributed by atoms with Crippen molar-refractivity contribution in [3.63, 3.8) is 0 Å². The first-order valence-corrected chi connectivity index (χ1v) is 9.10. The number of nitrogens with one attached hydrogen (secondary N) is 1. The Morgan fingerprint density at radius 3 is 2.54 bits per heavy atom. The highest BCUT2D eigenvalue weighted by molar-refractivity contribution is 5.94. The summed E-state index contributed by atoms with van der Waals surface area (Å²) in [7, 11) is 1.65. The number of rotatable bonds is 4. The summed E-state index contributed by atoms with van der Waals surface area (Å²) in [6, 6.07) is 13.8. The minimum Gasteiger partial charge on any atom is -0.497 e. The van der Waals surface area contributed by atoms with Crippen molar-refractivity contribution in [2.24, 2.45) is 5.92 Å². The zero-order valence-corrected chi connectivity index (χ0v) is 15.5. The molecule has 136 valence electrons. The van der Waals surface area contributed by atoms with Gasteiger partial charge in [-0.05, 0) is 36.6 Å². The molecule has 2 aromatic heterocycles. The minimum atomic E-state index is 0.0689. The number of methoxy groups -OCH3 is 1. The van der Waals surface area contributed by atoms with E-state index in [9.17, 15) is 4.79 Å². The van der Waals surface area contributed by atoms with Crippen molar-refractivity contribution in [2.45, 2.75) is 33.1 Å². The van der Waals surface area contributed by atoms with Gasteiger partial charge in [0.25, 0.3) is 0 Å². The van der Waals surface area contributed by atoms with Gasteiger partial charge in [0.1, 0.15) is 5.75 Å². The van der Waals surface area contributed by atoms with Crippen molar-refractivity contribution in [3.05, 3.63) is 48.7 Å². The summed E-state index contributed by atoms with van der Waals surface area (Å²) < 4.78 is 7.00. The van der Waals surface area contributed by atoms with Gasteiger partial charge in [-0.2, -0.15) is 5.10 Å². The molecule has 0 atom stereocenters. The number of pyridine rings is 1. The quantitative estimate of drug-likeness (QED) is 0.736. The molecule has 3 aromatic rings. The minimum absolute atomic E-state index is 0.0689. The summed E-state index contributed by atoms with van der Waals surface area (Å²) in [5, 5.41) is 7.34. The molecule has 5 nitrogen and oxygen atoms in total. The maximum absolute atomic E-state index is 11.9. The number of hydrogen-bond acceptors (Lipinski definition) is 3. The van der Waals surface area contributed by atoms with Crippen LogP contribution in [0, 0.1) is 5.92 Å². The van der Waals surface area contributed by atoms with Crippen LogP contribution in [0.5, 0.6) is 5.75 Å². The molecule has 0 aliphatic heterocycles. The molecule has 1 amide bonds. The van der Waals surface area contributed by atoms with Crippen molar-refractivity contribution in [3.8, 4) is 16.9 Å². The third-order valence-electron chi connectivity index (χ3n) is 4.10. The van der Waals surface area contributed by atoms with Crippen LogP contribution in [-0.4, -0.2) is 22.6 Å². The molecule has 0 saturated heterocycles. The first kappa shape index (κ1) is 18.0. The lowest BCUT2D eigenvalue weighted by Gasteiger charge is -2.05. The fourth-order valence-electron chi connectivity index (χ4n) is 2.66. The number of nitrogens with zero attached hydrogens (tertiary/aromatic N) is 2. The van der Waals surface area contributed by atoms with Crippen molar-refractivity contribution in [1.29, 1.82) is 0 Å². The van der Waals surface area contributed by atoms with Gasteiger partial charge in [-0.3, -0.25) is 4.79 Å². The first-order chi connectivity index (χ1) is 12.7. The largest absolute Gasteiger partial charge is 0.497 e. The number of aromatic nitrogens is 2. The summed E-state index contributed by atoms with van der Waals surface area (Å²) >= 11 is 0. The Balaban J connectivity index is 0.000000613. The molecule has 1 aromatic carbocycles. The molecule has 4 rings (SSSR count). The standard InChI is InChI=1S/C18H17N3O2.C3H8/c1-23-14-8-6-12(7-9-14)15-3-2-10-21-16(15)11-17(20-21)19-18(22)13-4-5-13;1-3-2/h2-3,6-11,13H,4-5H2,1H3,(H,19,20,22);3H2,1-2H3. The Morgan fingerprint density at radius 1 is 1.23 bits per heavy atom. The third kappa shape index (κ3) is 4.04. The summed E-state index contributed by atoms with van der Waals surface area (Å²) in [4.78, 5) is 11.9. The number of carbonyl (C=O) groups excluding carboxylic acids is 1. The maximum Gasteiger partial charge on any atom is 0.228 e. The molecule has 0 spiro atoms. The maximum atomic E-state index is 11.9. The van der Waals surface area contributed by atoms with Gasteiger partial charge in [-0.25, -0.2) is 4.52 Å². The van der Waals surface area contributed by atoms with E-state index in [4.69, 9.17) is 4.74 Å². The molecule has 0 radical (unpaired) electrons. The highest BCUT2D eigenvalue weighted by atomic mass is 16.5. The molecule has 2 heterocycles. The van der Waals surface area contributed by atoms with Crippen LogP contribution in [0.4, 0.5) is 5.82 Å². The molecule has 1 fully saturated rings. The molecule has 1 aliphatic rings. The fourth-order valence-corrected chi connectivity index (χ4v) is 2.66. The normalized spacial score (nSPS) is 13.0. The predicted molar refractivity (Wildman–Crippen MR) is 104 cm³/mol. The monoisotopic (exact) mass is 351 g/mol. The number of benzene rings is 1. The summed E-state index contributed by atoms with van der Waals surface area (Å²) in [5.74, 6) is 1.66. The number of carbonyl (C=O) groups is 1. The van der Waals surface area contributed by atoms with E-state index < -0.39 is 0 Å². The van der Waals surface area contributed by atoms with E-state index in [0.717, 1.165) is 35.2 Å². The molecule has 0 bridgehead atoms. The van der Waals surface area contributed by atoms with E-state index in [-0.39, 0.29) is 11.8 Å². The number of ether oxygens (including phenoxy) is 1. The number of fused-ring (bicyclic) bond motifs is 1. The molecular formula is C21H25N3O2. The molecule has 1 aliphatic carbocycles. The second-order valence-electron chi connectivity index (χ2n) is 6.48. The summed E-state index contributed by atoms with van der Waals surface area (Å²) in [6.07, 6.45) is 5.10. The zero-order valence-electron chi connectivity index (χ0n) is 15.5. The van der Waals surface area contributed by atoms with Gasteiger partial charge < -0.3 is 10.1 Å². The van der Waals surface area contributed by atoms with Gasteiger partial charge in [0, 0.05) is 23.7 Å². The number of anilines is 1. The fraction of sp³-hybridized carbons (Fsp3) is 0.333. The van der Waals surface area contributed by atoms with Gasteiger partial charge in [0.15, 0.2) is 5.82 Å². The highest BCUT2D eigenvalue weighted by Crippen LogP contribution is 2.31. The highest BCUT2D eigenvalue weighted by Gasteiger charge is 2.30. The molecule has 0 unspecified atom stereocenters. The second-order valence-corrected chi connectivity index (χ2v) is 6.48. The summed E-state index contributed by atoms with van der Waals surface area (Å²) in [5.41, 5.74) is 3.11. The predicted octanol–water partition coefficient (Wildman–Crippen LogP) is 4.77. The molecule has 1 N–H and O–H groups in total. The molecular weight excluding hydrogens is 326 g/mol. The third-order valence-corrected chi connectivity index (χ3v) is 4.10. The topological polar surface area (TPSA) is 55.6 Å². The summed E-state index contributed by atoms with van der Waals surface area (Å²) in [6.45, 7) is 4.25. The van der Waals surface area contributed by atoms with E-state index in [0.29, 0.717) is 5.82 Å². The van der Waals surface area contributed by atoms with Crippen LogP contribution in [0.15, 0.2) is 48.7 Å². The van der Waals surface area contributed by atoms with Crippen LogP contribution in [0.1, 0.15) is 33.1 Å². The van der Waals surface area contributed by atoms with Gasteiger partial charge in [-0.1, -0.05) is 38.5 Å². The van der Waals surface area contributed by atoms with Crippen LogP contribution >= 0.6 is 0 Å². The molecule has 1 saturated carbocycles. The van der Waals surface area contributed by atoms with Gasteiger partial charge in [0.2, 0.25) is 5.91 Å². The van der Waals surface area contributed by atoms with E-state index >= 15 is 0 Å². The van der Waals surface area contributed by atoms with Crippen LogP contribution in [0.2, 0.25) is 0 Å². The first-order valence-electron chi connectivity index (χ1n) is 9.10. The van der Waals surface area contributed by atoms with Crippen molar-refractivity contribution < 1.29 is 9.53 Å². The Kier molecular flexibility index (Phi) is 5.56. The number of amides is 1. The molecule has 26 heavy (non-hydrogen) atoms. The SMILES string of the molecule is CCC.COc1ccc(-c2cccn3nc(NC(=O)C4CC4)cc23)cc1. The van der Waals surface area contributed by atoms with Crippen LogP contribution in [0.25, 0.3) is 16.6 Å². The lowest BCUT2D eigenvalue weighted by molar-refractivity contribution is -0.117. The Morgan fingerprint density at radius 2 is 1.92 bits per heavy atom. The van der Waals surface area contributed by atoms with E-state index in [1.807, 2.05) is 48.7 Å². The zero-order chi connectivity index (χ0) is 18.5.